The Hall–Kier alpha value is -1.27. The maximum atomic E-state index is 7.94. The van der Waals surface area contributed by atoms with Gasteiger partial charge in [0.25, 0.3) is 0 Å². The fraction of sp³-hybridized carbons (Fsp3) is 0.297. The van der Waals surface area contributed by atoms with Gasteiger partial charge >= 0.3 is 278 Å². The molecule has 1 heterocycles. The molecule has 6 rings (SSSR count). The SMILES string of the molecule is Cc1ccc2c(c1-c1cc([Si](C)(C)C)cc([Si](C)(C)C)c1)C=C(C(C)C)[CH]2[Zr]([Cl])([Cl])[c]1cccc2c1[SiH2]c1ccccc1-2. The molecule has 1 atom stereocenters. The van der Waals surface area contributed by atoms with Crippen LogP contribution in [0.2, 0.25) is 39.3 Å². The van der Waals surface area contributed by atoms with Crippen LogP contribution in [-0.2, 0) is 17.9 Å². The van der Waals surface area contributed by atoms with Crippen LogP contribution in [0.1, 0.15) is 34.2 Å². The summed E-state index contributed by atoms with van der Waals surface area (Å²) in [6.07, 6.45) is 2.49. The second-order valence-electron chi connectivity index (χ2n) is 15.1. The Kier molecular flexibility index (Phi) is 8.27. The van der Waals surface area contributed by atoms with Crippen LogP contribution in [0, 0.1) is 12.8 Å². The van der Waals surface area contributed by atoms with Gasteiger partial charge in [-0.05, 0) is 0 Å². The first-order valence-corrected chi connectivity index (χ1v) is 33.1. The molecule has 4 aromatic rings. The van der Waals surface area contributed by atoms with Gasteiger partial charge in [0.1, 0.15) is 0 Å². The van der Waals surface area contributed by atoms with Gasteiger partial charge in [-0.3, -0.25) is 0 Å². The Balaban J connectivity index is 1.56. The second kappa shape index (κ2) is 11.2. The molecule has 6 heteroatoms. The Morgan fingerprint density at radius 1 is 0.767 bits per heavy atom. The van der Waals surface area contributed by atoms with E-state index in [0.29, 0.717) is 5.92 Å². The predicted octanol–water partition coefficient (Wildman–Crippen LogP) is 7.73. The number of halogens is 2. The van der Waals surface area contributed by atoms with Gasteiger partial charge in [0.2, 0.25) is 0 Å². The predicted molar refractivity (Wildman–Crippen MR) is 199 cm³/mol. The van der Waals surface area contributed by atoms with Crippen molar-refractivity contribution in [2.45, 2.75) is 63.7 Å². The summed E-state index contributed by atoms with van der Waals surface area (Å²) in [5.41, 5.74) is 11.0. The molecule has 0 nitrogen and oxygen atoms in total. The Morgan fingerprint density at radius 2 is 1.40 bits per heavy atom. The molecule has 0 saturated heterocycles. The summed E-state index contributed by atoms with van der Waals surface area (Å²) < 4.78 is 1.42. The number of allylic oxidation sites excluding steroid dienone is 1. The molecule has 1 unspecified atom stereocenters. The minimum atomic E-state index is -4.01. The van der Waals surface area contributed by atoms with Crippen molar-refractivity contribution >= 4 is 72.8 Å². The van der Waals surface area contributed by atoms with Crippen molar-refractivity contribution in [1.82, 2.24) is 0 Å². The zero-order valence-electron chi connectivity index (χ0n) is 27.1. The molecule has 1 aliphatic heterocycles. The summed E-state index contributed by atoms with van der Waals surface area (Å²) in [6.45, 7) is 21.8. The van der Waals surface area contributed by atoms with E-state index in [4.69, 9.17) is 17.0 Å². The fourth-order valence-corrected chi connectivity index (χ4v) is 26.7. The number of aryl methyl sites for hydroxylation is 1. The molecule has 0 amide bonds. The average molecular weight is 735 g/mol. The van der Waals surface area contributed by atoms with Crippen LogP contribution in [0.3, 0.4) is 0 Å². The van der Waals surface area contributed by atoms with Crippen molar-refractivity contribution < 1.29 is 17.9 Å². The van der Waals surface area contributed by atoms with Crippen LogP contribution < -0.4 is 24.0 Å². The molecule has 0 bridgehead atoms. The van der Waals surface area contributed by atoms with E-state index in [0.717, 1.165) is 0 Å². The minimum absolute atomic E-state index is 0.104. The molecule has 1 aliphatic carbocycles. The van der Waals surface area contributed by atoms with E-state index < -0.39 is 43.5 Å². The molecule has 0 radical (unpaired) electrons. The molecular weight excluding hydrogens is 691 g/mol. The molecule has 0 N–H and O–H groups in total. The third-order valence-corrected chi connectivity index (χ3v) is 27.9. The first-order valence-electron chi connectivity index (χ1n) is 15.7. The maximum absolute atomic E-state index is 7.94. The average Bonchev–Trinajstić information content (AvgIpc) is 3.51. The van der Waals surface area contributed by atoms with Crippen LogP contribution in [0.4, 0.5) is 0 Å². The molecule has 2 aliphatic rings. The van der Waals surface area contributed by atoms with Crippen molar-refractivity contribution in [2.24, 2.45) is 5.92 Å². The summed E-state index contributed by atoms with van der Waals surface area (Å²) in [5.74, 6) is 0.371. The molecule has 0 saturated carbocycles. The first kappa shape index (κ1) is 31.7. The van der Waals surface area contributed by atoms with Crippen molar-refractivity contribution in [1.29, 1.82) is 0 Å². The van der Waals surface area contributed by atoms with E-state index in [1.165, 1.54) is 58.2 Å². The van der Waals surface area contributed by atoms with Gasteiger partial charge in [0.15, 0.2) is 0 Å². The van der Waals surface area contributed by atoms with E-state index in [1.807, 2.05) is 0 Å². The molecule has 0 fully saturated rings. The van der Waals surface area contributed by atoms with Crippen LogP contribution in [0.15, 0.2) is 78.4 Å². The quantitative estimate of drug-likeness (QED) is 0.157. The third-order valence-electron chi connectivity index (χ3n) is 9.64. The zero-order chi connectivity index (χ0) is 31.1. The van der Waals surface area contributed by atoms with E-state index in [2.05, 4.69) is 139 Å². The van der Waals surface area contributed by atoms with Gasteiger partial charge in [0.05, 0.1) is 0 Å². The summed E-state index contributed by atoms with van der Waals surface area (Å²) >= 11 is -4.01. The summed E-state index contributed by atoms with van der Waals surface area (Å²) in [4.78, 5) is 0. The molecule has 4 aromatic carbocycles. The van der Waals surface area contributed by atoms with Gasteiger partial charge in [-0.15, -0.1) is 0 Å². The number of benzene rings is 4. The summed E-state index contributed by atoms with van der Waals surface area (Å²) in [5, 5.41) is 6.12. The Bertz CT molecular complexity index is 1760. The number of fused-ring (bicyclic) bond motifs is 4. The monoisotopic (exact) mass is 732 g/mol. The number of hydrogen-bond acceptors (Lipinski definition) is 0. The third kappa shape index (κ3) is 5.57. The van der Waals surface area contributed by atoms with Crippen LogP contribution >= 0.6 is 17.0 Å². The van der Waals surface area contributed by atoms with E-state index in [1.54, 1.807) is 10.4 Å². The van der Waals surface area contributed by atoms with E-state index >= 15 is 0 Å². The fourth-order valence-electron chi connectivity index (χ4n) is 7.13. The van der Waals surface area contributed by atoms with Gasteiger partial charge in [-0.25, -0.2) is 0 Å². The molecule has 43 heavy (non-hydrogen) atoms. The van der Waals surface area contributed by atoms with Crippen molar-refractivity contribution in [3.63, 3.8) is 0 Å². The normalized spacial score (nSPS) is 16.8. The molecular formula is C37H44Cl2Si3Zr. The van der Waals surface area contributed by atoms with E-state index in [9.17, 15) is 0 Å². The van der Waals surface area contributed by atoms with Crippen molar-refractivity contribution in [2.75, 3.05) is 0 Å². The summed E-state index contributed by atoms with van der Waals surface area (Å²) in [6, 6.07) is 28.0. The van der Waals surface area contributed by atoms with Crippen LogP contribution in [0.25, 0.3) is 28.3 Å². The van der Waals surface area contributed by atoms with E-state index in [-0.39, 0.29) is 3.63 Å². The van der Waals surface area contributed by atoms with Gasteiger partial charge in [0, 0.05) is 0 Å². The summed E-state index contributed by atoms with van der Waals surface area (Å²) in [7, 11) is 12.2. The zero-order valence-corrected chi connectivity index (χ0v) is 34.5. The van der Waals surface area contributed by atoms with Crippen molar-refractivity contribution in [3.8, 4) is 22.3 Å². The van der Waals surface area contributed by atoms with Crippen molar-refractivity contribution in [3.05, 3.63) is 95.1 Å². The standard InChI is InChI=1S/C25H35Si2.C12H9Si.2ClH.Zr/c1-17(2)20-12-19-11-10-18(3)25(24(19)15-20)21-13-22(26(4,5)6)16-23(14-21)27(7,8)9;1-3-7-11-9(5-1)10-6-2-4-8-12(10)13-11;;;/h10-17H,1-9H3;1-7H,13H2;2*1H;/q;;;;+2/p-2. The molecule has 0 aromatic heterocycles. The topological polar surface area (TPSA) is 0 Å². The van der Waals surface area contributed by atoms with Crippen LogP contribution in [-0.4, -0.2) is 25.7 Å². The second-order valence-corrected chi connectivity index (χ2v) is 41.1. The van der Waals surface area contributed by atoms with Gasteiger partial charge in [-0.1, -0.05) is 0 Å². The van der Waals surface area contributed by atoms with Gasteiger partial charge in [-0.2, -0.15) is 0 Å². The Labute approximate surface area is 275 Å². The molecule has 222 valence electrons. The molecule has 0 spiro atoms. The number of hydrogen-bond donors (Lipinski definition) is 0. The van der Waals surface area contributed by atoms with Gasteiger partial charge < -0.3 is 0 Å². The van der Waals surface area contributed by atoms with Crippen LogP contribution in [0.5, 0.6) is 0 Å². The Morgan fingerprint density at radius 3 is 2.02 bits per heavy atom. The number of rotatable bonds is 6. The first-order chi connectivity index (χ1) is 20.1.